The average Bonchev–Trinajstić information content (AvgIpc) is 3.16. The van der Waals surface area contributed by atoms with Crippen LogP contribution in [0.3, 0.4) is 0 Å². The van der Waals surface area contributed by atoms with E-state index in [1.54, 1.807) is 0 Å². The smallest absolute Gasteiger partial charge is 0.351 e. The van der Waals surface area contributed by atoms with E-state index in [1.807, 2.05) is 0 Å². The Morgan fingerprint density at radius 2 is 1.96 bits per heavy atom. The maximum absolute atomic E-state index is 12.6. The minimum absolute atomic E-state index is 0.0268. The lowest BCUT2D eigenvalue weighted by molar-refractivity contribution is -0.155. The van der Waals surface area contributed by atoms with Gasteiger partial charge in [-0.25, -0.2) is 8.42 Å². The highest BCUT2D eigenvalue weighted by Crippen LogP contribution is 2.36. The Labute approximate surface area is 141 Å². The van der Waals surface area contributed by atoms with Crippen molar-refractivity contribution in [2.24, 2.45) is 5.92 Å². The van der Waals surface area contributed by atoms with E-state index in [0.717, 1.165) is 30.2 Å². The normalized spacial score (nSPS) is 18.2. The predicted octanol–water partition coefficient (Wildman–Crippen LogP) is 3.84. The zero-order valence-electron chi connectivity index (χ0n) is 12.7. The molecule has 0 spiro atoms. The second-order valence-electron chi connectivity index (χ2n) is 5.78. The van der Waals surface area contributed by atoms with Crippen molar-refractivity contribution in [3.05, 3.63) is 24.0 Å². The van der Waals surface area contributed by atoms with Crippen LogP contribution in [0.15, 0.2) is 26.9 Å². The molecule has 1 aliphatic heterocycles. The third kappa shape index (κ3) is 3.35. The first-order valence-corrected chi connectivity index (χ1v) is 9.58. The fourth-order valence-electron chi connectivity index (χ4n) is 2.47. The van der Waals surface area contributed by atoms with Gasteiger partial charge in [0, 0.05) is 19.2 Å². The number of aromatic nitrogens is 1. The van der Waals surface area contributed by atoms with Gasteiger partial charge in [-0.05, 0) is 30.9 Å². The van der Waals surface area contributed by atoms with E-state index in [2.05, 4.69) is 16.6 Å². The van der Waals surface area contributed by atoms with Crippen LogP contribution in [-0.2, 0) is 16.2 Å². The van der Waals surface area contributed by atoms with Gasteiger partial charge in [0.1, 0.15) is 9.90 Å². The molecule has 3 rings (SSSR count). The Morgan fingerprint density at radius 3 is 2.54 bits per heavy atom. The standard InChI is InChI=1S/C14H15F3N2O3S2/c1-9-4-6-19(7-5-9)24(20,21)13-3-2-11(23-13)10-8-12(22-18-10)14(15,16)17/h2-3,8-9H,4-7H2,1H3. The summed E-state index contributed by atoms with van der Waals surface area (Å²) in [6.07, 6.45) is -3.02. The minimum atomic E-state index is -4.62. The molecule has 3 heterocycles. The van der Waals surface area contributed by atoms with Crippen LogP contribution in [0.2, 0.25) is 0 Å². The highest BCUT2D eigenvalue weighted by atomic mass is 32.2. The van der Waals surface area contributed by atoms with Gasteiger partial charge < -0.3 is 4.52 Å². The number of hydrogen-bond acceptors (Lipinski definition) is 5. The van der Waals surface area contributed by atoms with Crippen molar-refractivity contribution < 1.29 is 26.1 Å². The van der Waals surface area contributed by atoms with Gasteiger partial charge in [0.2, 0.25) is 5.76 Å². The van der Waals surface area contributed by atoms with E-state index in [9.17, 15) is 21.6 Å². The second-order valence-corrected chi connectivity index (χ2v) is 9.03. The molecule has 0 aromatic carbocycles. The molecule has 5 nitrogen and oxygen atoms in total. The van der Waals surface area contributed by atoms with Crippen molar-refractivity contribution in [2.75, 3.05) is 13.1 Å². The summed E-state index contributed by atoms with van der Waals surface area (Å²) < 4.78 is 68.7. The molecule has 10 heteroatoms. The number of alkyl halides is 3. The molecule has 0 unspecified atom stereocenters. The van der Waals surface area contributed by atoms with Crippen LogP contribution >= 0.6 is 11.3 Å². The van der Waals surface area contributed by atoms with E-state index < -0.39 is 22.0 Å². The Morgan fingerprint density at radius 1 is 1.29 bits per heavy atom. The molecular weight excluding hydrogens is 365 g/mol. The molecule has 0 saturated carbocycles. The molecule has 1 fully saturated rings. The number of rotatable bonds is 3. The molecular formula is C14H15F3N2O3S2. The predicted molar refractivity (Wildman–Crippen MR) is 82.0 cm³/mol. The Balaban J connectivity index is 1.84. The molecule has 0 radical (unpaired) electrons. The van der Waals surface area contributed by atoms with Gasteiger partial charge in [0.15, 0.2) is 0 Å². The van der Waals surface area contributed by atoms with Gasteiger partial charge in [-0.2, -0.15) is 17.5 Å². The highest BCUT2D eigenvalue weighted by Gasteiger charge is 2.36. The van der Waals surface area contributed by atoms with Gasteiger partial charge in [-0.3, -0.25) is 0 Å². The van der Waals surface area contributed by atoms with Crippen molar-refractivity contribution in [3.8, 4) is 10.6 Å². The maximum Gasteiger partial charge on any atom is 0.452 e. The SMILES string of the molecule is CC1CCN(S(=O)(=O)c2ccc(-c3cc(C(F)(F)F)on3)s2)CC1. The molecule has 132 valence electrons. The first kappa shape index (κ1) is 17.4. The Kier molecular flexibility index (Phi) is 4.47. The fourth-order valence-corrected chi connectivity index (χ4v) is 5.36. The molecule has 1 aliphatic rings. The Hall–Kier alpha value is -1.39. The van der Waals surface area contributed by atoms with E-state index in [-0.39, 0.29) is 9.90 Å². The molecule has 2 aromatic heterocycles. The third-order valence-electron chi connectivity index (χ3n) is 3.96. The van der Waals surface area contributed by atoms with Gasteiger partial charge in [-0.15, -0.1) is 11.3 Å². The lowest BCUT2D eigenvalue weighted by Gasteiger charge is -2.28. The van der Waals surface area contributed by atoms with Crippen molar-refractivity contribution >= 4 is 21.4 Å². The monoisotopic (exact) mass is 380 g/mol. The number of halogens is 3. The van der Waals surface area contributed by atoms with Crippen LogP contribution in [0, 0.1) is 5.92 Å². The fraction of sp³-hybridized carbons (Fsp3) is 0.500. The number of piperidine rings is 1. The number of hydrogen-bond donors (Lipinski definition) is 0. The second kappa shape index (κ2) is 6.16. The zero-order chi connectivity index (χ0) is 17.5. The molecule has 0 N–H and O–H groups in total. The van der Waals surface area contributed by atoms with E-state index >= 15 is 0 Å². The largest absolute Gasteiger partial charge is 0.452 e. The molecule has 2 aromatic rings. The lowest BCUT2D eigenvalue weighted by atomic mass is 10.0. The molecule has 1 saturated heterocycles. The quantitative estimate of drug-likeness (QED) is 0.812. The third-order valence-corrected chi connectivity index (χ3v) is 7.43. The van der Waals surface area contributed by atoms with Crippen LogP contribution in [0.25, 0.3) is 10.6 Å². The maximum atomic E-state index is 12.6. The molecule has 0 atom stereocenters. The van der Waals surface area contributed by atoms with Crippen molar-refractivity contribution in [2.45, 2.75) is 30.2 Å². The van der Waals surface area contributed by atoms with Gasteiger partial charge >= 0.3 is 6.18 Å². The summed E-state index contributed by atoms with van der Waals surface area (Å²) in [6, 6.07) is 3.61. The van der Waals surface area contributed by atoms with Crippen LogP contribution in [0.5, 0.6) is 0 Å². The topological polar surface area (TPSA) is 63.4 Å². The molecule has 0 aliphatic carbocycles. The Bertz CT molecular complexity index is 818. The van der Waals surface area contributed by atoms with Gasteiger partial charge in [0.25, 0.3) is 10.0 Å². The zero-order valence-corrected chi connectivity index (χ0v) is 14.3. The highest BCUT2D eigenvalue weighted by molar-refractivity contribution is 7.91. The summed E-state index contributed by atoms with van der Waals surface area (Å²) in [5.74, 6) is -0.716. The summed E-state index contributed by atoms with van der Waals surface area (Å²) in [5, 5.41) is 3.38. The molecule has 24 heavy (non-hydrogen) atoms. The van der Waals surface area contributed by atoms with E-state index in [0.29, 0.717) is 23.9 Å². The summed E-state index contributed by atoms with van der Waals surface area (Å²) >= 11 is 0.892. The first-order valence-electron chi connectivity index (χ1n) is 7.32. The first-order chi connectivity index (χ1) is 11.2. The summed E-state index contributed by atoms with van der Waals surface area (Å²) in [5.41, 5.74) is -0.0268. The summed E-state index contributed by atoms with van der Waals surface area (Å²) in [6.45, 7) is 2.99. The number of thiophene rings is 1. The van der Waals surface area contributed by atoms with Gasteiger partial charge in [-0.1, -0.05) is 12.1 Å². The van der Waals surface area contributed by atoms with Crippen molar-refractivity contribution in [3.63, 3.8) is 0 Å². The van der Waals surface area contributed by atoms with Crippen LogP contribution in [0.1, 0.15) is 25.5 Å². The molecule has 0 amide bonds. The van der Waals surface area contributed by atoms with E-state index in [1.165, 1.54) is 16.4 Å². The van der Waals surface area contributed by atoms with Gasteiger partial charge in [0.05, 0.1) is 4.88 Å². The number of nitrogens with zero attached hydrogens (tertiary/aromatic N) is 2. The van der Waals surface area contributed by atoms with E-state index in [4.69, 9.17) is 0 Å². The summed E-state index contributed by atoms with van der Waals surface area (Å²) in [7, 11) is -3.62. The number of sulfonamides is 1. The van der Waals surface area contributed by atoms with Crippen molar-refractivity contribution in [1.29, 1.82) is 0 Å². The van der Waals surface area contributed by atoms with Crippen LogP contribution < -0.4 is 0 Å². The molecule has 0 bridgehead atoms. The van der Waals surface area contributed by atoms with Crippen molar-refractivity contribution in [1.82, 2.24) is 9.46 Å². The average molecular weight is 380 g/mol. The van der Waals surface area contributed by atoms with Crippen LogP contribution in [-0.4, -0.2) is 31.0 Å². The minimum Gasteiger partial charge on any atom is -0.351 e. The lowest BCUT2D eigenvalue weighted by Crippen LogP contribution is -2.37. The van der Waals surface area contributed by atoms with Crippen LogP contribution in [0.4, 0.5) is 13.2 Å². The summed E-state index contributed by atoms with van der Waals surface area (Å²) in [4.78, 5) is 0.318.